The molecule has 0 atom stereocenters. The zero-order valence-corrected chi connectivity index (χ0v) is 12.5. The Morgan fingerprint density at radius 1 is 1.15 bits per heavy atom. The Kier molecular flexibility index (Phi) is 8.86. The van der Waals surface area contributed by atoms with E-state index in [9.17, 15) is 0 Å². The highest BCUT2D eigenvalue weighted by molar-refractivity contribution is 5.72. The van der Waals surface area contributed by atoms with Crippen molar-refractivity contribution in [1.29, 1.82) is 0 Å². The first-order chi connectivity index (χ1) is 9.86. The number of nitrogens with zero attached hydrogens (tertiary/aromatic N) is 2. The Balaban J connectivity index is 2.10. The van der Waals surface area contributed by atoms with Gasteiger partial charge in [-0.15, -0.1) is 0 Å². The highest BCUT2D eigenvalue weighted by Crippen LogP contribution is 1.97. The monoisotopic (exact) mass is 273 g/mol. The van der Waals surface area contributed by atoms with E-state index in [0.29, 0.717) is 0 Å². The molecular weight excluding hydrogens is 248 g/mol. The minimum atomic E-state index is 0.830. The van der Waals surface area contributed by atoms with Crippen LogP contribution in [-0.4, -0.2) is 19.9 Å². The van der Waals surface area contributed by atoms with Crippen molar-refractivity contribution >= 4 is 6.21 Å². The molecule has 1 aromatic rings. The van der Waals surface area contributed by atoms with Gasteiger partial charge in [0.2, 0.25) is 0 Å². The summed E-state index contributed by atoms with van der Waals surface area (Å²) >= 11 is 0. The predicted molar refractivity (Wildman–Crippen MR) is 83.8 cm³/mol. The van der Waals surface area contributed by atoms with E-state index < -0.39 is 0 Å². The maximum absolute atomic E-state index is 5.17. The molecule has 0 aliphatic heterocycles. The van der Waals surface area contributed by atoms with Crippen LogP contribution in [0.4, 0.5) is 0 Å². The molecule has 0 fully saturated rings. The molecule has 1 heterocycles. The Labute approximate surface area is 122 Å². The molecule has 0 aliphatic rings. The summed E-state index contributed by atoms with van der Waals surface area (Å²) < 4.78 is 7.38. The molecule has 0 bridgehead atoms. The van der Waals surface area contributed by atoms with Gasteiger partial charge >= 0.3 is 0 Å². The van der Waals surface area contributed by atoms with E-state index in [-0.39, 0.29) is 0 Å². The van der Waals surface area contributed by atoms with E-state index in [1.165, 1.54) is 12.8 Å². The third kappa shape index (κ3) is 7.52. The molecule has 0 amide bonds. The fourth-order valence-corrected chi connectivity index (χ4v) is 1.81. The Morgan fingerprint density at radius 3 is 2.65 bits per heavy atom. The van der Waals surface area contributed by atoms with Crippen LogP contribution in [-0.2, 0) is 11.3 Å². The number of hydrogen-bond acceptors (Lipinski definition) is 2. The second kappa shape index (κ2) is 11.0. The molecule has 1 aromatic heterocycles. The van der Waals surface area contributed by atoms with Gasteiger partial charge in [0.25, 0.3) is 0 Å². The van der Waals surface area contributed by atoms with Crippen LogP contribution in [0, 0.1) is 0 Å². The molecule has 3 nitrogen and oxygen atoms in total. The molecule has 1 rings (SSSR count). The number of methoxy groups -OCH3 is 1. The van der Waals surface area contributed by atoms with Gasteiger partial charge in [0, 0.05) is 31.3 Å². The van der Waals surface area contributed by atoms with Crippen LogP contribution in [0.25, 0.3) is 0 Å². The van der Waals surface area contributed by atoms with E-state index >= 15 is 0 Å². The van der Waals surface area contributed by atoms with Gasteiger partial charge < -0.3 is 4.74 Å². The summed E-state index contributed by atoms with van der Waals surface area (Å²) in [6, 6.07) is 6.17. The summed E-state index contributed by atoms with van der Waals surface area (Å²) in [6.45, 7) is 3.93. The van der Waals surface area contributed by atoms with Gasteiger partial charge in [0.05, 0.1) is 7.11 Å². The first kappa shape index (κ1) is 16.2. The zero-order chi connectivity index (χ0) is 14.5. The summed E-state index contributed by atoms with van der Waals surface area (Å²) in [4.78, 5) is 4.36. The molecule has 0 aliphatic carbocycles. The summed E-state index contributed by atoms with van der Waals surface area (Å²) in [5.74, 6) is 0.830. The minimum Gasteiger partial charge on any atom is -0.497 e. The summed E-state index contributed by atoms with van der Waals surface area (Å²) in [7, 11) is 1.67. The fraction of sp³-hybridized carbons (Fsp3) is 0.412. The third-order valence-corrected chi connectivity index (χ3v) is 2.89. The normalized spacial score (nSPS) is 12.4. The lowest BCUT2D eigenvalue weighted by atomic mass is 10.2. The topological polar surface area (TPSA) is 25.5 Å². The Bertz CT molecular complexity index is 436. The van der Waals surface area contributed by atoms with E-state index in [1.54, 1.807) is 7.11 Å². The van der Waals surface area contributed by atoms with E-state index in [0.717, 1.165) is 25.3 Å². The maximum atomic E-state index is 5.17. The van der Waals surface area contributed by atoms with Crippen LogP contribution in [0.15, 0.2) is 59.6 Å². The van der Waals surface area contributed by atoms with Gasteiger partial charge in [-0.3, -0.25) is 4.99 Å². The minimum absolute atomic E-state index is 0.830. The molecule has 0 radical (unpaired) electrons. The van der Waals surface area contributed by atoms with Crippen molar-refractivity contribution in [2.24, 2.45) is 4.99 Å². The first-order valence-electron chi connectivity index (χ1n) is 7.17. The molecule has 20 heavy (non-hydrogen) atoms. The molecule has 3 heteroatoms. The lowest BCUT2D eigenvalue weighted by molar-refractivity contribution is -0.697. The number of rotatable bonds is 9. The molecule has 108 valence electrons. The lowest BCUT2D eigenvalue weighted by Crippen LogP contribution is -2.32. The van der Waals surface area contributed by atoms with Crippen LogP contribution in [0.2, 0.25) is 0 Å². The molecule has 0 aromatic carbocycles. The number of pyridine rings is 1. The van der Waals surface area contributed by atoms with Crippen LogP contribution in [0.1, 0.15) is 26.2 Å². The molecule has 0 saturated heterocycles. The quantitative estimate of drug-likeness (QED) is 0.223. The Hall–Kier alpha value is -1.90. The van der Waals surface area contributed by atoms with Crippen molar-refractivity contribution in [2.45, 2.75) is 32.7 Å². The summed E-state index contributed by atoms with van der Waals surface area (Å²) in [5, 5.41) is 0. The van der Waals surface area contributed by atoms with E-state index in [4.69, 9.17) is 4.74 Å². The maximum Gasteiger partial charge on any atom is 0.168 e. The number of aliphatic imine (C=N–C) groups is 1. The van der Waals surface area contributed by atoms with Gasteiger partial charge in [-0.05, 0) is 31.9 Å². The number of aromatic nitrogens is 1. The van der Waals surface area contributed by atoms with Crippen LogP contribution in [0.3, 0.4) is 0 Å². The molecule has 0 saturated carbocycles. The standard InChI is InChI=1S/C17H25N2O/c1-3-10-17(20-2)11-13-18-12-6-4-7-14-19-15-8-5-9-16-19/h3,5,8-11,13,15-16H,4,6-7,12,14H2,1-2H3/q+1/b10-3-,17-11+,18-13+. The van der Waals surface area contributed by atoms with Crippen LogP contribution >= 0.6 is 0 Å². The van der Waals surface area contributed by atoms with Crippen molar-refractivity contribution < 1.29 is 9.30 Å². The predicted octanol–water partition coefficient (Wildman–Crippen LogP) is 3.32. The zero-order valence-electron chi connectivity index (χ0n) is 12.5. The number of ether oxygens (including phenoxy) is 1. The third-order valence-electron chi connectivity index (χ3n) is 2.89. The van der Waals surface area contributed by atoms with Gasteiger partial charge in [-0.1, -0.05) is 12.1 Å². The highest BCUT2D eigenvalue weighted by Gasteiger charge is 1.96. The number of allylic oxidation sites excluding steroid dienone is 3. The highest BCUT2D eigenvalue weighted by atomic mass is 16.5. The van der Waals surface area contributed by atoms with Crippen molar-refractivity contribution in [1.82, 2.24) is 0 Å². The first-order valence-corrected chi connectivity index (χ1v) is 7.17. The smallest absolute Gasteiger partial charge is 0.168 e. The van der Waals surface area contributed by atoms with Gasteiger partial charge in [0.15, 0.2) is 12.4 Å². The van der Waals surface area contributed by atoms with Crippen LogP contribution in [0.5, 0.6) is 0 Å². The average Bonchev–Trinajstić information content (AvgIpc) is 2.49. The summed E-state index contributed by atoms with van der Waals surface area (Å²) in [6.07, 6.45) is 15.3. The van der Waals surface area contributed by atoms with Gasteiger partial charge in [-0.25, -0.2) is 4.57 Å². The van der Waals surface area contributed by atoms with Crippen molar-refractivity contribution in [3.05, 3.63) is 54.6 Å². The summed E-state index contributed by atoms with van der Waals surface area (Å²) in [5.41, 5.74) is 0. The number of unbranched alkanes of at least 4 members (excludes halogenated alkanes) is 2. The van der Waals surface area contributed by atoms with Gasteiger partial charge in [0.1, 0.15) is 12.3 Å². The molecule has 0 N–H and O–H groups in total. The fourth-order valence-electron chi connectivity index (χ4n) is 1.81. The van der Waals surface area contributed by atoms with Crippen LogP contribution < -0.4 is 4.57 Å². The van der Waals surface area contributed by atoms with Crippen molar-refractivity contribution in [3.63, 3.8) is 0 Å². The van der Waals surface area contributed by atoms with Crippen molar-refractivity contribution in [3.8, 4) is 0 Å². The lowest BCUT2D eigenvalue weighted by Gasteiger charge is -1.97. The molecular formula is C17H25N2O+. The SMILES string of the molecule is C\C=C/C(=C\C=N\CCCCC[n+]1ccccc1)OC. The largest absolute Gasteiger partial charge is 0.497 e. The van der Waals surface area contributed by atoms with E-state index in [2.05, 4.69) is 34.1 Å². The molecule has 0 unspecified atom stereocenters. The molecule has 0 spiro atoms. The second-order valence-corrected chi connectivity index (χ2v) is 4.50. The number of hydrogen-bond donors (Lipinski definition) is 0. The second-order valence-electron chi connectivity index (χ2n) is 4.50. The Morgan fingerprint density at radius 2 is 1.95 bits per heavy atom. The van der Waals surface area contributed by atoms with Gasteiger partial charge in [-0.2, -0.15) is 0 Å². The number of aryl methyl sites for hydroxylation is 1. The van der Waals surface area contributed by atoms with Crippen molar-refractivity contribution in [2.75, 3.05) is 13.7 Å². The average molecular weight is 273 g/mol. The van der Waals surface area contributed by atoms with E-state index in [1.807, 2.05) is 37.4 Å².